The highest BCUT2D eigenvalue weighted by molar-refractivity contribution is 9.10. The largest absolute Gasteiger partial charge is 0.497 e. The number of ether oxygens (including phenoxy) is 3. The molecule has 0 bridgehead atoms. The van der Waals surface area contributed by atoms with E-state index in [0.717, 1.165) is 15.6 Å². The first kappa shape index (κ1) is 26.7. The standard InChI is InChI=1S/C29H30BrNO6/c1-5-36-28(33)23-16(3)31-22-15-21(18-8-7-9-20(14-18)35-4)25(29(34)37-6-2)27(32)26(22)24(23)17-10-12-19(30)13-11-17/h7-14,21,24-25,31H,5-6,15H2,1-4H3/t21-,24-,25+/m1/s1. The molecule has 3 atom stereocenters. The minimum atomic E-state index is -1.06. The number of benzene rings is 2. The molecule has 4 rings (SSSR count). The van der Waals surface area contributed by atoms with Gasteiger partial charge in [0.1, 0.15) is 11.7 Å². The van der Waals surface area contributed by atoms with E-state index in [9.17, 15) is 14.4 Å². The number of dihydropyridines is 1. The summed E-state index contributed by atoms with van der Waals surface area (Å²) in [6.45, 7) is 5.62. The molecule has 194 valence electrons. The Hall–Kier alpha value is -3.39. The van der Waals surface area contributed by atoms with Crippen LogP contribution < -0.4 is 10.1 Å². The molecular weight excluding hydrogens is 538 g/mol. The Morgan fingerprint density at radius 2 is 1.73 bits per heavy atom. The number of halogens is 1. The summed E-state index contributed by atoms with van der Waals surface area (Å²) in [5, 5.41) is 3.31. The summed E-state index contributed by atoms with van der Waals surface area (Å²) in [5.74, 6) is -3.01. The first-order valence-electron chi connectivity index (χ1n) is 12.3. The van der Waals surface area contributed by atoms with E-state index < -0.39 is 29.7 Å². The predicted octanol–water partition coefficient (Wildman–Crippen LogP) is 5.17. The molecule has 2 aromatic carbocycles. The van der Waals surface area contributed by atoms with Gasteiger partial charge in [-0.05, 0) is 62.6 Å². The maximum absolute atomic E-state index is 14.3. The topological polar surface area (TPSA) is 90.9 Å². The molecular formula is C29H30BrNO6. The van der Waals surface area contributed by atoms with Crippen LogP contribution in [-0.2, 0) is 23.9 Å². The van der Waals surface area contributed by atoms with Crippen LogP contribution in [0.1, 0.15) is 50.2 Å². The normalized spacial score (nSPS) is 21.2. The van der Waals surface area contributed by atoms with Gasteiger partial charge >= 0.3 is 11.9 Å². The fourth-order valence-electron chi connectivity index (χ4n) is 5.19. The lowest BCUT2D eigenvalue weighted by Gasteiger charge is -2.39. The van der Waals surface area contributed by atoms with E-state index in [1.165, 1.54) is 0 Å². The van der Waals surface area contributed by atoms with Crippen molar-refractivity contribution >= 4 is 33.7 Å². The molecule has 0 spiro atoms. The van der Waals surface area contributed by atoms with Crippen molar-refractivity contribution in [3.8, 4) is 5.75 Å². The number of allylic oxidation sites excluding steroid dienone is 3. The highest BCUT2D eigenvalue weighted by Gasteiger charge is 2.49. The van der Waals surface area contributed by atoms with Gasteiger partial charge in [0.05, 0.1) is 25.9 Å². The van der Waals surface area contributed by atoms with E-state index >= 15 is 0 Å². The van der Waals surface area contributed by atoms with E-state index in [1.54, 1.807) is 21.0 Å². The smallest absolute Gasteiger partial charge is 0.336 e. The lowest BCUT2D eigenvalue weighted by Crippen LogP contribution is -2.43. The second-order valence-corrected chi connectivity index (χ2v) is 9.86. The summed E-state index contributed by atoms with van der Waals surface area (Å²) in [5.41, 5.74) is 3.63. The van der Waals surface area contributed by atoms with E-state index in [4.69, 9.17) is 14.2 Å². The molecule has 1 heterocycles. The second kappa shape index (κ2) is 11.3. The van der Waals surface area contributed by atoms with Crippen LogP contribution in [0.3, 0.4) is 0 Å². The third-order valence-corrected chi connectivity index (χ3v) is 7.31. The molecule has 0 saturated heterocycles. The van der Waals surface area contributed by atoms with E-state index in [2.05, 4.69) is 21.2 Å². The van der Waals surface area contributed by atoms with Crippen LogP contribution in [0.5, 0.6) is 5.75 Å². The fourth-order valence-corrected chi connectivity index (χ4v) is 5.45. The summed E-state index contributed by atoms with van der Waals surface area (Å²) in [7, 11) is 1.57. The van der Waals surface area contributed by atoms with Crippen LogP contribution in [0.15, 0.2) is 75.5 Å². The third-order valence-electron chi connectivity index (χ3n) is 6.78. The van der Waals surface area contributed by atoms with Gasteiger partial charge in [-0.25, -0.2) is 4.79 Å². The van der Waals surface area contributed by atoms with Crippen LogP contribution in [0, 0.1) is 5.92 Å². The Kier molecular flexibility index (Phi) is 8.17. The highest BCUT2D eigenvalue weighted by atomic mass is 79.9. The summed E-state index contributed by atoms with van der Waals surface area (Å²) >= 11 is 3.46. The first-order chi connectivity index (χ1) is 17.8. The molecule has 37 heavy (non-hydrogen) atoms. The maximum atomic E-state index is 14.3. The molecule has 1 N–H and O–H groups in total. The SMILES string of the molecule is CCOC(=O)C1=C(C)NC2=C(C(=O)[C@@H](C(=O)OCC)[C@@H](c3cccc(OC)c3)C2)[C@@H]1c1ccc(Br)cc1. The molecule has 0 unspecified atom stereocenters. The molecule has 1 aliphatic heterocycles. The van der Waals surface area contributed by atoms with Crippen LogP contribution >= 0.6 is 15.9 Å². The Morgan fingerprint density at radius 1 is 1.03 bits per heavy atom. The molecule has 8 heteroatoms. The average molecular weight is 568 g/mol. The van der Waals surface area contributed by atoms with Gasteiger partial charge in [0.15, 0.2) is 5.78 Å². The highest BCUT2D eigenvalue weighted by Crippen LogP contribution is 2.48. The third kappa shape index (κ3) is 5.21. The molecule has 7 nitrogen and oxygen atoms in total. The summed E-state index contributed by atoms with van der Waals surface area (Å²) < 4.78 is 17.0. The quantitative estimate of drug-likeness (QED) is 0.364. The molecule has 0 amide bonds. The second-order valence-electron chi connectivity index (χ2n) is 8.94. The van der Waals surface area contributed by atoms with Gasteiger partial charge in [-0.2, -0.15) is 0 Å². The number of ketones is 1. The molecule has 0 saturated carbocycles. The van der Waals surface area contributed by atoms with Gasteiger partial charge in [-0.15, -0.1) is 0 Å². The van der Waals surface area contributed by atoms with Crippen molar-refractivity contribution in [2.24, 2.45) is 5.92 Å². The maximum Gasteiger partial charge on any atom is 0.336 e. The minimum Gasteiger partial charge on any atom is -0.497 e. The zero-order valence-electron chi connectivity index (χ0n) is 21.3. The predicted molar refractivity (Wildman–Crippen MR) is 142 cm³/mol. The zero-order chi connectivity index (χ0) is 26.7. The van der Waals surface area contributed by atoms with Crippen molar-refractivity contribution in [3.05, 3.63) is 86.7 Å². The van der Waals surface area contributed by atoms with Crippen molar-refractivity contribution in [1.82, 2.24) is 5.32 Å². The average Bonchev–Trinajstić information content (AvgIpc) is 2.88. The summed E-state index contributed by atoms with van der Waals surface area (Å²) in [6, 6.07) is 14.9. The van der Waals surface area contributed by atoms with Gasteiger partial charge in [-0.1, -0.05) is 40.2 Å². The number of carbonyl (C=O) groups is 3. The van der Waals surface area contributed by atoms with Crippen LogP contribution in [-0.4, -0.2) is 38.0 Å². The van der Waals surface area contributed by atoms with Crippen molar-refractivity contribution in [1.29, 1.82) is 0 Å². The number of nitrogens with one attached hydrogen (secondary N) is 1. The number of esters is 2. The Bertz CT molecular complexity index is 1280. The lowest BCUT2D eigenvalue weighted by atomic mass is 9.67. The Labute approximate surface area is 225 Å². The number of Topliss-reactive ketones (excluding diaryl/α,β-unsaturated/α-hetero) is 1. The number of rotatable bonds is 7. The minimum absolute atomic E-state index is 0.154. The van der Waals surface area contributed by atoms with E-state index in [1.807, 2.05) is 55.5 Å². The summed E-state index contributed by atoms with van der Waals surface area (Å²) in [4.78, 5) is 40.7. The molecule has 0 fully saturated rings. The molecule has 0 aromatic heterocycles. The van der Waals surface area contributed by atoms with Crippen LogP contribution in [0.2, 0.25) is 0 Å². The van der Waals surface area contributed by atoms with Crippen molar-refractivity contribution in [3.63, 3.8) is 0 Å². The Morgan fingerprint density at radius 3 is 2.38 bits per heavy atom. The van der Waals surface area contributed by atoms with E-state index in [-0.39, 0.29) is 19.0 Å². The van der Waals surface area contributed by atoms with Crippen LogP contribution in [0.25, 0.3) is 0 Å². The van der Waals surface area contributed by atoms with Gasteiger partial charge in [0.25, 0.3) is 0 Å². The monoisotopic (exact) mass is 567 g/mol. The molecule has 1 aliphatic carbocycles. The van der Waals surface area contributed by atoms with Gasteiger partial charge in [0, 0.05) is 33.3 Å². The van der Waals surface area contributed by atoms with Crippen molar-refractivity contribution < 1.29 is 28.6 Å². The molecule has 0 radical (unpaired) electrons. The van der Waals surface area contributed by atoms with Gasteiger partial charge < -0.3 is 19.5 Å². The van der Waals surface area contributed by atoms with E-state index in [0.29, 0.717) is 34.7 Å². The number of carbonyl (C=O) groups excluding carboxylic acids is 3. The number of hydrogen-bond donors (Lipinski definition) is 1. The van der Waals surface area contributed by atoms with Crippen molar-refractivity contribution in [2.75, 3.05) is 20.3 Å². The fraction of sp³-hybridized carbons (Fsp3) is 0.345. The van der Waals surface area contributed by atoms with Gasteiger partial charge in [0.2, 0.25) is 0 Å². The van der Waals surface area contributed by atoms with Crippen molar-refractivity contribution in [2.45, 2.75) is 39.0 Å². The van der Waals surface area contributed by atoms with Gasteiger partial charge in [-0.3, -0.25) is 9.59 Å². The number of hydrogen-bond acceptors (Lipinski definition) is 7. The lowest BCUT2D eigenvalue weighted by molar-refractivity contribution is -0.152. The molecule has 2 aliphatic rings. The summed E-state index contributed by atoms with van der Waals surface area (Å²) in [6.07, 6.45) is 0.387. The first-order valence-corrected chi connectivity index (χ1v) is 13.1. The van der Waals surface area contributed by atoms with Crippen LogP contribution in [0.4, 0.5) is 0 Å². The molecule has 2 aromatic rings. The Balaban J connectivity index is 1.89. The zero-order valence-corrected chi connectivity index (χ0v) is 22.9. The number of methoxy groups -OCH3 is 1.